The maximum absolute atomic E-state index is 4.20. The molecule has 0 spiro atoms. The van der Waals surface area contributed by atoms with Gasteiger partial charge in [-0.15, -0.1) is 0 Å². The summed E-state index contributed by atoms with van der Waals surface area (Å²) in [6.07, 6.45) is 6.46. The van der Waals surface area contributed by atoms with E-state index in [9.17, 15) is 0 Å². The largest absolute Gasteiger partial charge is 0.385 e. The minimum Gasteiger partial charge on any atom is -0.385 e. The summed E-state index contributed by atoms with van der Waals surface area (Å²) in [5.41, 5.74) is 5.50. The molecule has 18 heavy (non-hydrogen) atoms. The first-order valence-electron chi connectivity index (χ1n) is 6.65. The summed E-state index contributed by atoms with van der Waals surface area (Å²) in [4.78, 5) is 0. The molecule has 1 N–H and O–H groups in total. The Hall–Kier alpha value is -1.77. The van der Waals surface area contributed by atoms with Crippen LogP contribution >= 0.6 is 0 Å². The van der Waals surface area contributed by atoms with Crippen molar-refractivity contribution in [3.63, 3.8) is 0 Å². The van der Waals surface area contributed by atoms with E-state index in [2.05, 4.69) is 34.7 Å². The van der Waals surface area contributed by atoms with Crippen LogP contribution in [0.5, 0.6) is 0 Å². The van der Waals surface area contributed by atoms with Crippen LogP contribution in [0.25, 0.3) is 0 Å². The van der Waals surface area contributed by atoms with Crippen molar-refractivity contribution < 1.29 is 0 Å². The van der Waals surface area contributed by atoms with Gasteiger partial charge in [-0.25, -0.2) is 0 Å². The van der Waals surface area contributed by atoms with Crippen molar-refractivity contribution in [1.29, 1.82) is 0 Å². The summed E-state index contributed by atoms with van der Waals surface area (Å²) in [5.74, 6) is 0. The van der Waals surface area contributed by atoms with Gasteiger partial charge in [0.25, 0.3) is 0 Å². The van der Waals surface area contributed by atoms with Crippen molar-refractivity contribution in [2.45, 2.75) is 25.7 Å². The van der Waals surface area contributed by atoms with Gasteiger partial charge in [-0.1, -0.05) is 12.1 Å². The van der Waals surface area contributed by atoms with Gasteiger partial charge >= 0.3 is 0 Å². The highest BCUT2D eigenvalue weighted by Crippen LogP contribution is 2.23. The number of aryl methyl sites for hydroxylation is 4. The standard InChI is InChI=1S/C15H19N3/c1-18-14(8-10-17-18)7-5-12-4-6-13-3-2-9-16-15(13)11-12/h4,6,8,10-11,16H,2-3,5,7,9H2,1H3. The molecule has 2 heterocycles. The van der Waals surface area contributed by atoms with Crippen molar-refractivity contribution >= 4 is 5.69 Å². The SMILES string of the molecule is Cn1nccc1CCc1ccc2c(c1)NCCC2. The van der Waals surface area contributed by atoms with Crippen LogP contribution in [-0.2, 0) is 26.3 Å². The second kappa shape index (κ2) is 4.84. The Balaban J connectivity index is 1.71. The number of rotatable bonds is 3. The quantitative estimate of drug-likeness (QED) is 0.895. The number of hydrogen-bond acceptors (Lipinski definition) is 2. The predicted octanol–water partition coefficient (Wildman–Crippen LogP) is 2.56. The summed E-state index contributed by atoms with van der Waals surface area (Å²) in [6, 6.07) is 8.95. The number of benzene rings is 1. The lowest BCUT2D eigenvalue weighted by atomic mass is 9.99. The van der Waals surface area contributed by atoms with Crippen LogP contribution in [0.2, 0.25) is 0 Å². The number of nitrogens with one attached hydrogen (secondary N) is 1. The summed E-state index contributed by atoms with van der Waals surface area (Å²) >= 11 is 0. The highest BCUT2D eigenvalue weighted by atomic mass is 15.2. The smallest absolute Gasteiger partial charge is 0.0492 e. The second-order valence-electron chi connectivity index (χ2n) is 4.97. The van der Waals surface area contributed by atoms with E-state index in [1.807, 2.05) is 17.9 Å². The van der Waals surface area contributed by atoms with Crippen LogP contribution in [0.4, 0.5) is 5.69 Å². The van der Waals surface area contributed by atoms with Crippen LogP contribution in [0.3, 0.4) is 0 Å². The fourth-order valence-corrected chi connectivity index (χ4v) is 2.58. The highest BCUT2D eigenvalue weighted by molar-refractivity contribution is 5.55. The van der Waals surface area contributed by atoms with Crippen molar-refractivity contribution in [1.82, 2.24) is 9.78 Å². The second-order valence-corrected chi connectivity index (χ2v) is 4.97. The normalized spacial score (nSPS) is 14.1. The number of hydrogen-bond donors (Lipinski definition) is 1. The molecule has 0 saturated carbocycles. The lowest BCUT2D eigenvalue weighted by Gasteiger charge is -2.18. The molecular formula is C15H19N3. The van der Waals surface area contributed by atoms with E-state index in [0.717, 1.165) is 19.4 Å². The minimum atomic E-state index is 1.05. The Morgan fingerprint density at radius 3 is 3.06 bits per heavy atom. The lowest BCUT2D eigenvalue weighted by Crippen LogP contribution is -2.12. The van der Waals surface area contributed by atoms with Crippen molar-refractivity contribution in [2.24, 2.45) is 7.05 Å². The van der Waals surface area contributed by atoms with Crippen LogP contribution < -0.4 is 5.32 Å². The maximum atomic E-state index is 4.20. The van der Waals surface area contributed by atoms with Crippen LogP contribution in [0.1, 0.15) is 23.2 Å². The van der Waals surface area contributed by atoms with Crippen molar-refractivity contribution in [3.8, 4) is 0 Å². The first kappa shape index (κ1) is 11.3. The zero-order chi connectivity index (χ0) is 12.4. The Labute approximate surface area is 108 Å². The molecule has 3 heteroatoms. The van der Waals surface area contributed by atoms with E-state index in [-0.39, 0.29) is 0 Å². The molecule has 0 unspecified atom stereocenters. The fourth-order valence-electron chi connectivity index (χ4n) is 2.58. The third-order valence-electron chi connectivity index (χ3n) is 3.70. The lowest BCUT2D eigenvalue weighted by molar-refractivity contribution is 0.703. The molecule has 0 aliphatic carbocycles. The van der Waals surface area contributed by atoms with Gasteiger partial charge in [-0.2, -0.15) is 5.10 Å². The number of anilines is 1. The summed E-state index contributed by atoms with van der Waals surface area (Å²) in [6.45, 7) is 1.11. The van der Waals surface area contributed by atoms with Crippen molar-refractivity contribution in [2.75, 3.05) is 11.9 Å². The van der Waals surface area contributed by atoms with E-state index < -0.39 is 0 Å². The van der Waals surface area contributed by atoms with Crippen LogP contribution in [0.15, 0.2) is 30.5 Å². The first-order chi connectivity index (χ1) is 8.83. The van der Waals surface area contributed by atoms with E-state index >= 15 is 0 Å². The van der Waals surface area contributed by atoms with Gasteiger partial charge in [0, 0.05) is 31.2 Å². The highest BCUT2D eigenvalue weighted by Gasteiger charge is 2.09. The summed E-state index contributed by atoms with van der Waals surface area (Å²) < 4.78 is 1.96. The number of nitrogens with zero attached hydrogens (tertiary/aromatic N) is 2. The van der Waals surface area contributed by atoms with Gasteiger partial charge in [0.15, 0.2) is 0 Å². The molecule has 1 aromatic heterocycles. The third-order valence-corrected chi connectivity index (χ3v) is 3.70. The van der Waals surface area contributed by atoms with Gasteiger partial charge in [0.1, 0.15) is 0 Å². The Morgan fingerprint density at radius 1 is 1.28 bits per heavy atom. The van der Waals surface area contributed by atoms with Gasteiger partial charge in [-0.05, 0) is 48.9 Å². The number of fused-ring (bicyclic) bond motifs is 1. The van der Waals surface area contributed by atoms with Gasteiger partial charge < -0.3 is 5.32 Å². The topological polar surface area (TPSA) is 29.9 Å². The fraction of sp³-hybridized carbons (Fsp3) is 0.400. The molecule has 0 fully saturated rings. The van der Waals surface area contributed by atoms with E-state index in [1.165, 1.54) is 35.3 Å². The molecular weight excluding hydrogens is 222 g/mol. The Bertz CT molecular complexity index is 542. The van der Waals surface area contributed by atoms with Gasteiger partial charge in [0.05, 0.1) is 0 Å². The van der Waals surface area contributed by atoms with Gasteiger partial charge in [-0.3, -0.25) is 4.68 Å². The van der Waals surface area contributed by atoms with E-state index in [1.54, 1.807) is 0 Å². The molecule has 1 aliphatic heterocycles. The zero-order valence-electron chi connectivity index (χ0n) is 10.8. The van der Waals surface area contributed by atoms with Crippen molar-refractivity contribution in [3.05, 3.63) is 47.3 Å². The monoisotopic (exact) mass is 241 g/mol. The zero-order valence-corrected chi connectivity index (χ0v) is 10.8. The maximum Gasteiger partial charge on any atom is 0.0492 e. The molecule has 1 aliphatic rings. The van der Waals surface area contributed by atoms with E-state index in [4.69, 9.17) is 0 Å². The molecule has 2 aromatic rings. The Morgan fingerprint density at radius 2 is 2.22 bits per heavy atom. The molecule has 0 amide bonds. The van der Waals surface area contributed by atoms with E-state index in [0.29, 0.717) is 0 Å². The minimum absolute atomic E-state index is 1.05. The predicted molar refractivity (Wildman–Crippen MR) is 73.9 cm³/mol. The molecule has 0 atom stereocenters. The van der Waals surface area contributed by atoms with Crippen LogP contribution in [0, 0.1) is 0 Å². The Kier molecular flexibility index (Phi) is 3.05. The molecule has 3 nitrogen and oxygen atoms in total. The van der Waals surface area contributed by atoms with Gasteiger partial charge in [0.2, 0.25) is 0 Å². The first-order valence-corrected chi connectivity index (χ1v) is 6.65. The molecule has 0 bridgehead atoms. The summed E-state index contributed by atoms with van der Waals surface area (Å²) in [7, 11) is 2.00. The summed E-state index contributed by atoms with van der Waals surface area (Å²) in [5, 5.41) is 7.69. The van der Waals surface area contributed by atoms with Crippen LogP contribution in [-0.4, -0.2) is 16.3 Å². The molecule has 0 saturated heterocycles. The molecule has 0 radical (unpaired) electrons. The average molecular weight is 241 g/mol. The molecule has 3 rings (SSSR count). The molecule has 1 aromatic carbocycles. The number of aromatic nitrogens is 2. The molecule has 94 valence electrons. The average Bonchev–Trinajstić information content (AvgIpc) is 2.82. The third kappa shape index (κ3) is 2.26.